The van der Waals surface area contributed by atoms with Crippen LogP contribution >= 0.6 is 0 Å². The first kappa shape index (κ1) is 34.2. The van der Waals surface area contributed by atoms with Crippen molar-refractivity contribution in [2.24, 2.45) is 0 Å². The van der Waals surface area contributed by atoms with E-state index in [9.17, 15) is 15.0 Å². The van der Waals surface area contributed by atoms with E-state index in [1.807, 2.05) is 117 Å². The lowest BCUT2D eigenvalue weighted by Crippen LogP contribution is -2.43. The summed E-state index contributed by atoms with van der Waals surface area (Å²) < 4.78 is 13.2. The van der Waals surface area contributed by atoms with Gasteiger partial charge >= 0.3 is 0 Å². The summed E-state index contributed by atoms with van der Waals surface area (Å²) >= 11 is 0. The Morgan fingerprint density at radius 2 is 1.45 bits per heavy atom. The number of hydrogen-bond acceptors (Lipinski definition) is 6. The van der Waals surface area contributed by atoms with Gasteiger partial charge in [-0.1, -0.05) is 121 Å². The van der Waals surface area contributed by atoms with Crippen LogP contribution in [0.1, 0.15) is 70.0 Å². The number of aliphatic hydroxyl groups excluding tert-OH is 2. The summed E-state index contributed by atoms with van der Waals surface area (Å²) in [5.41, 5.74) is 7.38. The Kier molecular flexibility index (Phi) is 11.3. The minimum atomic E-state index is -0.634. The fourth-order valence-corrected chi connectivity index (χ4v) is 6.33. The van der Waals surface area contributed by atoms with Crippen LogP contribution in [0.4, 0.5) is 0 Å². The van der Waals surface area contributed by atoms with Crippen LogP contribution in [0.25, 0.3) is 11.1 Å². The van der Waals surface area contributed by atoms with Crippen molar-refractivity contribution in [3.63, 3.8) is 0 Å². The Labute approximate surface area is 288 Å². The fourth-order valence-electron chi connectivity index (χ4n) is 6.33. The number of hydrogen-bond donors (Lipinski definition) is 3. The van der Waals surface area contributed by atoms with Crippen LogP contribution in [0.2, 0.25) is 0 Å². The molecule has 1 aliphatic rings. The average Bonchev–Trinajstić information content (AvgIpc) is 3.17. The van der Waals surface area contributed by atoms with Gasteiger partial charge in [-0.25, -0.2) is 0 Å². The maximum atomic E-state index is 12.7. The highest BCUT2D eigenvalue weighted by Crippen LogP contribution is 2.39. The molecule has 5 atom stereocenters. The molecule has 0 unspecified atom stereocenters. The molecule has 1 amide bonds. The summed E-state index contributed by atoms with van der Waals surface area (Å²) in [7, 11) is 2.02. The van der Waals surface area contributed by atoms with Crippen LogP contribution in [-0.4, -0.2) is 46.8 Å². The summed E-state index contributed by atoms with van der Waals surface area (Å²) in [5.74, 6) is -0.109. The zero-order valence-electron chi connectivity index (χ0n) is 28.0. The zero-order valence-corrected chi connectivity index (χ0v) is 28.0. The molecule has 1 saturated heterocycles. The number of ether oxygens (including phenoxy) is 2. The van der Waals surface area contributed by atoms with Crippen molar-refractivity contribution < 1.29 is 24.5 Å². The van der Waals surface area contributed by atoms with Gasteiger partial charge in [0.15, 0.2) is 6.29 Å². The van der Waals surface area contributed by atoms with Gasteiger partial charge in [0.2, 0.25) is 0 Å². The SMILES string of the molecule is C[C@@H]([C@H](O)c1ccccc1)N(C)C[C@H]1C[C@@H](c2ccc(CO)cc2)O[C@@H](c2ccc(-c3ccccc3CNC(=O)c3ccccc3)cc2)O1. The first-order valence-electron chi connectivity index (χ1n) is 16.8. The second-order valence-electron chi connectivity index (χ2n) is 12.7. The van der Waals surface area contributed by atoms with Gasteiger partial charge in [-0.3, -0.25) is 9.69 Å². The average molecular weight is 657 g/mol. The highest BCUT2D eigenvalue weighted by molar-refractivity contribution is 5.94. The van der Waals surface area contributed by atoms with Crippen LogP contribution < -0.4 is 5.32 Å². The van der Waals surface area contributed by atoms with Crippen LogP contribution in [0, 0.1) is 0 Å². The molecule has 0 radical (unpaired) electrons. The lowest BCUT2D eigenvalue weighted by Gasteiger charge is -2.39. The zero-order chi connectivity index (χ0) is 34.2. The van der Waals surface area contributed by atoms with Gasteiger partial charge in [0, 0.05) is 36.7 Å². The number of nitrogens with zero attached hydrogens (tertiary/aromatic N) is 1. The van der Waals surface area contributed by atoms with Crippen molar-refractivity contribution in [3.05, 3.63) is 167 Å². The van der Waals surface area contributed by atoms with E-state index in [0.29, 0.717) is 25.1 Å². The molecule has 1 aliphatic heterocycles. The highest BCUT2D eigenvalue weighted by Gasteiger charge is 2.34. The number of rotatable bonds is 12. The number of likely N-dealkylation sites (N-methyl/N-ethyl adjacent to an activating group) is 1. The fraction of sp³-hybridized carbons (Fsp3) is 0.262. The molecule has 0 aliphatic carbocycles. The highest BCUT2D eigenvalue weighted by atomic mass is 16.7. The molecule has 252 valence electrons. The van der Waals surface area contributed by atoms with Gasteiger partial charge in [-0.05, 0) is 59.5 Å². The third kappa shape index (κ3) is 8.51. The number of benzene rings is 5. The van der Waals surface area contributed by atoms with Gasteiger partial charge in [0.1, 0.15) is 0 Å². The van der Waals surface area contributed by atoms with E-state index in [0.717, 1.165) is 38.9 Å². The van der Waals surface area contributed by atoms with E-state index in [2.05, 4.69) is 28.4 Å². The van der Waals surface area contributed by atoms with Crippen LogP contribution in [0.3, 0.4) is 0 Å². The molecule has 7 nitrogen and oxygen atoms in total. The summed E-state index contributed by atoms with van der Waals surface area (Å²) in [6, 6.07) is 43.0. The summed E-state index contributed by atoms with van der Waals surface area (Å²) in [5, 5.41) is 23.7. The van der Waals surface area contributed by atoms with Crippen LogP contribution in [0.15, 0.2) is 133 Å². The summed E-state index contributed by atoms with van der Waals surface area (Å²) in [6.07, 6.45) is -0.962. The molecule has 5 aromatic rings. The predicted molar refractivity (Wildman–Crippen MR) is 191 cm³/mol. The Morgan fingerprint density at radius 1 is 0.816 bits per heavy atom. The molecule has 1 heterocycles. The molecule has 0 aromatic heterocycles. The summed E-state index contributed by atoms with van der Waals surface area (Å²) in [6.45, 7) is 3.03. The summed E-state index contributed by atoms with van der Waals surface area (Å²) in [4.78, 5) is 14.9. The number of aliphatic hydroxyl groups is 2. The number of carbonyl (C=O) groups excluding carboxylic acids is 1. The lowest BCUT2D eigenvalue weighted by molar-refractivity contribution is -0.253. The Balaban J connectivity index is 1.19. The Bertz CT molecular complexity index is 1780. The van der Waals surface area contributed by atoms with Crippen molar-refractivity contribution in [1.29, 1.82) is 0 Å². The molecular weight excluding hydrogens is 612 g/mol. The minimum Gasteiger partial charge on any atom is -0.392 e. The molecule has 1 fully saturated rings. The monoisotopic (exact) mass is 656 g/mol. The normalized spacial score (nSPS) is 18.9. The predicted octanol–water partition coefficient (Wildman–Crippen LogP) is 7.38. The smallest absolute Gasteiger partial charge is 0.251 e. The van der Waals surface area contributed by atoms with E-state index < -0.39 is 12.4 Å². The number of amides is 1. The van der Waals surface area contributed by atoms with Crippen molar-refractivity contribution in [3.8, 4) is 11.1 Å². The molecule has 0 saturated carbocycles. The maximum Gasteiger partial charge on any atom is 0.251 e. The second-order valence-corrected chi connectivity index (χ2v) is 12.7. The molecular formula is C42H44N2O5. The third-order valence-corrected chi connectivity index (χ3v) is 9.39. The maximum absolute atomic E-state index is 12.7. The third-order valence-electron chi connectivity index (χ3n) is 9.39. The molecule has 6 rings (SSSR count). The topological polar surface area (TPSA) is 91.3 Å². The first-order valence-corrected chi connectivity index (χ1v) is 16.8. The number of nitrogens with one attached hydrogen (secondary N) is 1. The van der Waals surface area contributed by atoms with Crippen molar-refractivity contribution >= 4 is 5.91 Å². The Hall–Kier alpha value is -4.63. The van der Waals surface area contributed by atoms with E-state index in [1.165, 1.54) is 0 Å². The minimum absolute atomic E-state index is 0.0124. The van der Waals surface area contributed by atoms with Gasteiger partial charge in [0.05, 0.1) is 24.9 Å². The Morgan fingerprint density at radius 3 is 2.14 bits per heavy atom. The van der Waals surface area contributed by atoms with Gasteiger partial charge in [-0.15, -0.1) is 0 Å². The molecule has 5 aromatic carbocycles. The van der Waals surface area contributed by atoms with Gasteiger partial charge in [-0.2, -0.15) is 0 Å². The molecule has 49 heavy (non-hydrogen) atoms. The van der Waals surface area contributed by atoms with Crippen LogP contribution in [0.5, 0.6) is 0 Å². The standard InChI is InChI=1S/C42H44N2O5/c1-29(40(46)33-11-5-3-6-12-33)44(2)27-37-25-39(32-19-17-30(28-45)18-20-32)49-42(48-37)35-23-21-31(22-24-35)38-16-10-9-15-36(38)26-43-41(47)34-13-7-4-8-14-34/h3-24,29,37,39-40,42,45-46H,25-28H2,1-2H3,(H,43,47)/t29-,37+,39-,40-,42-/m0/s1. The largest absolute Gasteiger partial charge is 0.392 e. The van der Waals surface area contributed by atoms with Gasteiger partial charge < -0.3 is 25.0 Å². The van der Waals surface area contributed by atoms with E-state index in [-0.39, 0.29) is 30.8 Å². The van der Waals surface area contributed by atoms with E-state index in [4.69, 9.17) is 9.47 Å². The lowest BCUT2D eigenvalue weighted by atomic mass is 9.97. The van der Waals surface area contributed by atoms with Gasteiger partial charge in [0.25, 0.3) is 5.91 Å². The van der Waals surface area contributed by atoms with E-state index >= 15 is 0 Å². The molecule has 3 N–H and O–H groups in total. The molecule has 0 bridgehead atoms. The molecule has 7 heteroatoms. The van der Waals surface area contributed by atoms with Crippen molar-refractivity contribution in [1.82, 2.24) is 10.2 Å². The van der Waals surface area contributed by atoms with Crippen molar-refractivity contribution in [2.75, 3.05) is 13.6 Å². The number of carbonyl (C=O) groups is 1. The van der Waals surface area contributed by atoms with Crippen molar-refractivity contribution in [2.45, 2.75) is 57.1 Å². The molecule has 0 spiro atoms. The quantitative estimate of drug-likeness (QED) is 0.130. The van der Waals surface area contributed by atoms with E-state index in [1.54, 1.807) is 12.1 Å². The van der Waals surface area contributed by atoms with Crippen LogP contribution in [-0.2, 0) is 22.6 Å². The first-order chi connectivity index (χ1) is 23.9. The second kappa shape index (κ2) is 16.2.